The fourth-order valence-corrected chi connectivity index (χ4v) is 3.31. The minimum atomic E-state index is -0.516. The van der Waals surface area contributed by atoms with Crippen LogP contribution >= 0.6 is 27.5 Å². The van der Waals surface area contributed by atoms with Gasteiger partial charge in [0.05, 0.1) is 24.3 Å². The molecule has 2 aromatic rings. The molecule has 0 bridgehead atoms. The third kappa shape index (κ3) is 2.44. The van der Waals surface area contributed by atoms with Crippen LogP contribution in [-0.4, -0.2) is 20.2 Å². The molecule has 1 atom stereocenters. The lowest BCUT2D eigenvalue weighted by Gasteiger charge is -2.16. The molecule has 1 heterocycles. The van der Waals surface area contributed by atoms with E-state index in [-0.39, 0.29) is 5.97 Å². The number of carbonyl (C=O) groups excluding carboxylic acids is 1. The Balaban J connectivity index is 2.12. The molecular weight excluding hydrogens is 372 g/mol. The van der Waals surface area contributed by atoms with Gasteiger partial charge in [-0.15, -0.1) is 0 Å². The molecule has 1 unspecified atom stereocenters. The molecule has 22 heavy (non-hydrogen) atoms. The summed E-state index contributed by atoms with van der Waals surface area (Å²) in [5, 5.41) is 0.557. The van der Waals surface area contributed by atoms with Crippen LogP contribution in [0.15, 0.2) is 34.8 Å². The average molecular weight is 384 g/mol. The minimum Gasteiger partial charge on any atom is -0.493 e. The lowest BCUT2D eigenvalue weighted by molar-refractivity contribution is 0.0455. The van der Waals surface area contributed by atoms with Crippen molar-refractivity contribution in [3.05, 3.63) is 56.5 Å². The van der Waals surface area contributed by atoms with Crippen molar-refractivity contribution in [1.82, 2.24) is 0 Å². The third-order valence-corrected chi connectivity index (χ3v) is 4.32. The van der Waals surface area contributed by atoms with Crippen molar-refractivity contribution >= 4 is 33.5 Å². The van der Waals surface area contributed by atoms with Crippen molar-refractivity contribution < 1.29 is 19.0 Å². The zero-order valence-electron chi connectivity index (χ0n) is 11.9. The molecule has 2 aromatic carbocycles. The van der Waals surface area contributed by atoms with Gasteiger partial charge in [0.2, 0.25) is 0 Å². The Morgan fingerprint density at radius 3 is 2.64 bits per heavy atom. The predicted octanol–water partition coefficient (Wildman–Crippen LogP) is 4.38. The standard InChI is InChI=1S/C16H12BrClO4/c1-20-13-6-8(5-12(17)15(13)21-2)14-11-7-9(18)3-4-10(11)16(19)22-14/h3-7,14H,1-2H3. The largest absolute Gasteiger partial charge is 0.493 e. The highest BCUT2D eigenvalue weighted by molar-refractivity contribution is 9.10. The summed E-state index contributed by atoms with van der Waals surface area (Å²) in [4.78, 5) is 12.0. The molecule has 3 rings (SSSR count). The number of benzene rings is 2. The molecule has 4 nitrogen and oxygen atoms in total. The van der Waals surface area contributed by atoms with Crippen molar-refractivity contribution in [2.45, 2.75) is 6.10 Å². The Kier molecular flexibility index (Phi) is 4.02. The Morgan fingerprint density at radius 1 is 1.18 bits per heavy atom. The summed E-state index contributed by atoms with van der Waals surface area (Å²) in [7, 11) is 3.12. The van der Waals surface area contributed by atoms with E-state index in [0.717, 1.165) is 15.6 Å². The second kappa shape index (κ2) is 5.82. The zero-order chi connectivity index (χ0) is 15.9. The van der Waals surface area contributed by atoms with Gasteiger partial charge in [0, 0.05) is 16.1 Å². The molecule has 0 aliphatic carbocycles. The van der Waals surface area contributed by atoms with Crippen LogP contribution in [0.3, 0.4) is 0 Å². The normalized spacial score (nSPS) is 16.2. The molecule has 6 heteroatoms. The summed E-state index contributed by atoms with van der Waals surface area (Å²) in [6.45, 7) is 0. The van der Waals surface area contributed by atoms with E-state index in [2.05, 4.69) is 15.9 Å². The van der Waals surface area contributed by atoms with E-state index in [1.165, 1.54) is 0 Å². The second-order valence-electron chi connectivity index (χ2n) is 4.76. The van der Waals surface area contributed by atoms with Crippen LogP contribution in [-0.2, 0) is 4.74 Å². The number of hydrogen-bond donors (Lipinski definition) is 0. The molecule has 0 spiro atoms. The third-order valence-electron chi connectivity index (χ3n) is 3.50. The van der Waals surface area contributed by atoms with Crippen molar-refractivity contribution in [1.29, 1.82) is 0 Å². The number of hydrogen-bond acceptors (Lipinski definition) is 4. The molecule has 0 radical (unpaired) electrons. The van der Waals surface area contributed by atoms with Crippen LogP contribution in [0, 0.1) is 0 Å². The summed E-state index contributed by atoms with van der Waals surface area (Å²) in [6, 6.07) is 8.73. The molecule has 1 aliphatic rings. The number of methoxy groups -OCH3 is 2. The average Bonchev–Trinajstić information content (AvgIpc) is 2.82. The van der Waals surface area contributed by atoms with E-state index in [0.29, 0.717) is 22.1 Å². The maximum absolute atomic E-state index is 12.0. The SMILES string of the molecule is COc1cc(C2OC(=O)c3ccc(Cl)cc32)cc(Br)c1OC. The van der Waals surface area contributed by atoms with Gasteiger partial charge in [-0.3, -0.25) is 0 Å². The number of halogens is 2. The van der Waals surface area contributed by atoms with Crippen LogP contribution in [0.4, 0.5) is 0 Å². The molecule has 0 aromatic heterocycles. The van der Waals surface area contributed by atoms with E-state index in [4.69, 9.17) is 25.8 Å². The van der Waals surface area contributed by atoms with Crippen molar-refractivity contribution in [2.24, 2.45) is 0 Å². The summed E-state index contributed by atoms with van der Waals surface area (Å²) in [6.07, 6.45) is -0.516. The fourth-order valence-electron chi connectivity index (χ4n) is 2.51. The molecule has 0 N–H and O–H groups in total. The van der Waals surface area contributed by atoms with E-state index < -0.39 is 6.10 Å². The Bertz CT molecular complexity index is 760. The highest BCUT2D eigenvalue weighted by Gasteiger charge is 2.33. The molecule has 0 saturated carbocycles. The van der Waals surface area contributed by atoms with Gasteiger partial charge in [-0.05, 0) is 46.3 Å². The minimum absolute atomic E-state index is 0.359. The number of esters is 1. The van der Waals surface area contributed by atoms with Gasteiger partial charge in [0.1, 0.15) is 0 Å². The van der Waals surface area contributed by atoms with Gasteiger partial charge in [0.25, 0.3) is 0 Å². The fraction of sp³-hybridized carbons (Fsp3) is 0.188. The van der Waals surface area contributed by atoms with Gasteiger partial charge in [-0.25, -0.2) is 4.79 Å². The first-order chi connectivity index (χ1) is 10.5. The van der Waals surface area contributed by atoms with Crippen molar-refractivity contribution in [3.63, 3.8) is 0 Å². The molecule has 0 saturated heterocycles. The highest BCUT2D eigenvalue weighted by Crippen LogP contribution is 2.43. The quantitative estimate of drug-likeness (QED) is 0.738. The summed E-state index contributed by atoms with van der Waals surface area (Å²) < 4.78 is 16.8. The van der Waals surface area contributed by atoms with E-state index in [1.54, 1.807) is 38.5 Å². The first-order valence-electron chi connectivity index (χ1n) is 6.47. The first kappa shape index (κ1) is 15.2. The summed E-state index contributed by atoms with van der Waals surface area (Å²) in [5.41, 5.74) is 2.05. The lowest BCUT2D eigenvalue weighted by atomic mass is 9.99. The number of carbonyl (C=O) groups is 1. The molecular formula is C16H12BrClO4. The molecule has 1 aliphatic heterocycles. The van der Waals surface area contributed by atoms with Crippen molar-refractivity contribution in [3.8, 4) is 11.5 Å². The van der Waals surface area contributed by atoms with Crippen LogP contribution < -0.4 is 9.47 Å². The van der Waals surface area contributed by atoms with Gasteiger partial charge in [-0.1, -0.05) is 11.6 Å². The maximum Gasteiger partial charge on any atom is 0.339 e. The Labute approximate surface area is 141 Å². The highest BCUT2D eigenvalue weighted by atomic mass is 79.9. The number of rotatable bonds is 3. The predicted molar refractivity (Wildman–Crippen MR) is 86.0 cm³/mol. The lowest BCUT2D eigenvalue weighted by Crippen LogP contribution is -2.02. The first-order valence-corrected chi connectivity index (χ1v) is 7.64. The number of ether oxygens (including phenoxy) is 3. The van der Waals surface area contributed by atoms with E-state index in [9.17, 15) is 4.79 Å². The van der Waals surface area contributed by atoms with Crippen molar-refractivity contribution in [2.75, 3.05) is 14.2 Å². The topological polar surface area (TPSA) is 44.8 Å². The van der Waals surface area contributed by atoms with E-state index in [1.807, 2.05) is 6.07 Å². The summed E-state index contributed by atoms with van der Waals surface area (Å²) >= 11 is 9.48. The number of fused-ring (bicyclic) bond motifs is 1. The van der Waals surface area contributed by atoms with Crippen LogP contribution in [0.1, 0.15) is 27.6 Å². The Hall–Kier alpha value is -1.72. The monoisotopic (exact) mass is 382 g/mol. The molecule has 0 amide bonds. The number of cyclic esters (lactones) is 1. The van der Waals surface area contributed by atoms with E-state index >= 15 is 0 Å². The maximum atomic E-state index is 12.0. The van der Waals surface area contributed by atoms with Gasteiger partial charge in [0.15, 0.2) is 17.6 Å². The smallest absolute Gasteiger partial charge is 0.339 e. The van der Waals surface area contributed by atoms with Gasteiger partial charge < -0.3 is 14.2 Å². The Morgan fingerprint density at radius 2 is 1.95 bits per heavy atom. The zero-order valence-corrected chi connectivity index (χ0v) is 14.2. The molecule has 114 valence electrons. The van der Waals surface area contributed by atoms with Crippen LogP contribution in [0.2, 0.25) is 5.02 Å². The molecule has 0 fully saturated rings. The van der Waals surface area contributed by atoms with Gasteiger partial charge in [-0.2, -0.15) is 0 Å². The van der Waals surface area contributed by atoms with Crippen LogP contribution in [0.5, 0.6) is 11.5 Å². The van der Waals surface area contributed by atoms with Gasteiger partial charge >= 0.3 is 5.97 Å². The van der Waals surface area contributed by atoms with Crippen LogP contribution in [0.25, 0.3) is 0 Å². The second-order valence-corrected chi connectivity index (χ2v) is 6.05. The summed E-state index contributed by atoms with van der Waals surface area (Å²) in [5.74, 6) is 0.780.